The van der Waals surface area contributed by atoms with E-state index in [1.54, 1.807) is 24.1 Å². The van der Waals surface area contributed by atoms with Gasteiger partial charge in [0.15, 0.2) is 0 Å². The Labute approximate surface area is 114 Å². The van der Waals surface area contributed by atoms with Crippen molar-refractivity contribution in [1.82, 2.24) is 9.78 Å². The number of hydrogen-bond donors (Lipinski definition) is 1. The Morgan fingerprint density at radius 2 is 2.00 bits per heavy atom. The summed E-state index contributed by atoms with van der Waals surface area (Å²) in [4.78, 5) is 12.1. The second-order valence-corrected chi connectivity index (χ2v) is 4.47. The predicted molar refractivity (Wildman–Crippen MR) is 68.6 cm³/mol. The molecule has 5 nitrogen and oxygen atoms in total. The zero-order chi connectivity index (χ0) is 14.9. The lowest BCUT2D eigenvalue weighted by atomic mass is 10.1. The fourth-order valence-corrected chi connectivity index (χ4v) is 1.96. The molecule has 106 valence electrons. The van der Waals surface area contributed by atoms with Crippen LogP contribution < -0.4 is 4.90 Å². The molecule has 0 aliphatic carbocycles. The third-order valence-corrected chi connectivity index (χ3v) is 2.82. The number of benzene rings is 1. The lowest BCUT2D eigenvalue weighted by Crippen LogP contribution is -2.19. The highest BCUT2D eigenvalue weighted by Gasteiger charge is 2.18. The Hall–Kier alpha value is -2.44. The van der Waals surface area contributed by atoms with Gasteiger partial charge in [-0.15, -0.1) is 0 Å². The summed E-state index contributed by atoms with van der Waals surface area (Å²) in [5.74, 6) is -3.19. The second-order valence-electron chi connectivity index (χ2n) is 4.47. The van der Waals surface area contributed by atoms with Crippen LogP contribution in [0.15, 0.2) is 24.5 Å². The third-order valence-electron chi connectivity index (χ3n) is 2.82. The van der Waals surface area contributed by atoms with Crippen molar-refractivity contribution in [1.29, 1.82) is 0 Å². The summed E-state index contributed by atoms with van der Waals surface area (Å²) in [5.41, 5.74) is 0.105. The molecule has 0 amide bonds. The molecule has 0 aliphatic rings. The van der Waals surface area contributed by atoms with E-state index < -0.39 is 23.2 Å². The summed E-state index contributed by atoms with van der Waals surface area (Å²) in [6.07, 6.45) is 3.33. The van der Waals surface area contributed by atoms with Crippen LogP contribution in [0.2, 0.25) is 0 Å². The number of carboxylic acids is 1. The molecule has 1 N–H and O–H groups in total. The number of carboxylic acid groups (broad SMARTS) is 1. The van der Waals surface area contributed by atoms with Crippen molar-refractivity contribution in [2.45, 2.75) is 6.54 Å². The molecule has 0 spiro atoms. The maximum atomic E-state index is 13.9. The summed E-state index contributed by atoms with van der Waals surface area (Å²) in [6, 6.07) is 1.61. The average molecular weight is 281 g/mol. The lowest BCUT2D eigenvalue weighted by Gasteiger charge is -2.20. The van der Waals surface area contributed by atoms with Crippen molar-refractivity contribution in [2.24, 2.45) is 7.05 Å². The highest BCUT2D eigenvalue weighted by atomic mass is 19.1. The quantitative estimate of drug-likeness (QED) is 0.931. The van der Waals surface area contributed by atoms with E-state index in [-0.39, 0.29) is 12.2 Å². The second kappa shape index (κ2) is 5.28. The Morgan fingerprint density at radius 3 is 2.45 bits per heavy atom. The number of aromatic nitrogens is 2. The van der Waals surface area contributed by atoms with Crippen molar-refractivity contribution in [3.05, 3.63) is 47.3 Å². The van der Waals surface area contributed by atoms with E-state index in [2.05, 4.69) is 5.10 Å². The molecule has 0 saturated heterocycles. The molecule has 0 radical (unpaired) electrons. The zero-order valence-corrected chi connectivity index (χ0v) is 11.0. The molecule has 0 aliphatic heterocycles. The first kappa shape index (κ1) is 14.0. The molecule has 1 heterocycles. The minimum Gasteiger partial charge on any atom is -0.478 e. The maximum absolute atomic E-state index is 13.9. The van der Waals surface area contributed by atoms with Crippen molar-refractivity contribution >= 4 is 11.7 Å². The van der Waals surface area contributed by atoms with Gasteiger partial charge < -0.3 is 10.0 Å². The molecule has 0 unspecified atom stereocenters. The van der Waals surface area contributed by atoms with E-state index in [1.807, 2.05) is 0 Å². The topological polar surface area (TPSA) is 58.4 Å². The standard InChI is InChI=1S/C13H13F2N3O2/c1-17(6-8-5-16-18(2)7-8)12-10(14)3-9(13(19)20)4-11(12)15/h3-5,7H,6H2,1-2H3,(H,19,20). The number of aromatic carboxylic acids is 1. The van der Waals surface area contributed by atoms with Gasteiger partial charge in [0.2, 0.25) is 0 Å². The summed E-state index contributed by atoms with van der Waals surface area (Å²) in [5, 5.41) is 12.7. The Bertz CT molecular complexity index is 632. The van der Waals surface area contributed by atoms with Gasteiger partial charge in [-0.3, -0.25) is 4.68 Å². The maximum Gasteiger partial charge on any atom is 0.335 e. The highest BCUT2D eigenvalue weighted by molar-refractivity contribution is 5.88. The van der Waals surface area contributed by atoms with Crippen molar-refractivity contribution in [3.63, 3.8) is 0 Å². The molecular weight excluding hydrogens is 268 g/mol. The number of anilines is 1. The third kappa shape index (κ3) is 2.76. The molecule has 0 fully saturated rings. The van der Waals surface area contributed by atoms with Gasteiger partial charge in [0, 0.05) is 32.4 Å². The summed E-state index contributed by atoms with van der Waals surface area (Å²) < 4.78 is 29.3. The number of aryl methyl sites for hydroxylation is 1. The van der Waals surface area contributed by atoms with Crippen LogP contribution >= 0.6 is 0 Å². The zero-order valence-electron chi connectivity index (χ0n) is 11.0. The largest absolute Gasteiger partial charge is 0.478 e. The Kier molecular flexibility index (Phi) is 3.69. The van der Waals surface area contributed by atoms with Gasteiger partial charge in [0.05, 0.1) is 11.8 Å². The van der Waals surface area contributed by atoms with Gasteiger partial charge in [-0.2, -0.15) is 5.10 Å². The fourth-order valence-electron chi connectivity index (χ4n) is 1.96. The summed E-state index contributed by atoms with van der Waals surface area (Å²) in [6.45, 7) is 0.258. The van der Waals surface area contributed by atoms with E-state index in [4.69, 9.17) is 5.11 Å². The minimum absolute atomic E-state index is 0.258. The molecular formula is C13H13F2N3O2. The van der Waals surface area contributed by atoms with Gasteiger partial charge in [-0.05, 0) is 12.1 Å². The number of nitrogens with zero attached hydrogens (tertiary/aromatic N) is 3. The molecule has 1 aromatic carbocycles. The van der Waals surface area contributed by atoms with E-state index >= 15 is 0 Å². The van der Waals surface area contributed by atoms with Gasteiger partial charge in [0.1, 0.15) is 17.3 Å². The first-order chi connectivity index (χ1) is 9.38. The van der Waals surface area contributed by atoms with Gasteiger partial charge in [-0.1, -0.05) is 0 Å². The Morgan fingerprint density at radius 1 is 1.40 bits per heavy atom. The van der Waals surface area contributed by atoms with Gasteiger partial charge in [-0.25, -0.2) is 13.6 Å². The molecule has 1 aromatic heterocycles. The molecule has 0 atom stereocenters. The summed E-state index contributed by atoms with van der Waals surface area (Å²) >= 11 is 0. The van der Waals surface area contributed by atoms with E-state index in [0.29, 0.717) is 0 Å². The lowest BCUT2D eigenvalue weighted by molar-refractivity contribution is 0.0695. The fraction of sp³-hybridized carbons (Fsp3) is 0.231. The molecule has 2 aromatic rings. The van der Waals surface area contributed by atoms with Crippen molar-refractivity contribution < 1.29 is 18.7 Å². The van der Waals surface area contributed by atoms with Gasteiger partial charge in [0.25, 0.3) is 0 Å². The predicted octanol–water partition coefficient (Wildman–Crippen LogP) is 2.03. The Balaban J connectivity index is 2.30. The van der Waals surface area contributed by atoms with Gasteiger partial charge >= 0.3 is 5.97 Å². The van der Waals surface area contributed by atoms with Crippen LogP contribution in [0.25, 0.3) is 0 Å². The SMILES string of the molecule is CN(Cc1cnn(C)c1)c1c(F)cc(C(=O)O)cc1F. The van der Waals surface area contributed by atoms with Crippen LogP contribution in [-0.4, -0.2) is 27.9 Å². The van der Waals surface area contributed by atoms with Crippen LogP contribution in [0.4, 0.5) is 14.5 Å². The monoisotopic (exact) mass is 281 g/mol. The molecule has 0 saturated carbocycles. The van der Waals surface area contributed by atoms with Crippen LogP contribution in [0.1, 0.15) is 15.9 Å². The summed E-state index contributed by atoms with van der Waals surface area (Å²) in [7, 11) is 3.27. The van der Waals surface area contributed by atoms with Crippen molar-refractivity contribution in [2.75, 3.05) is 11.9 Å². The molecule has 2 rings (SSSR count). The number of carbonyl (C=O) groups is 1. The van der Waals surface area contributed by atoms with E-state index in [1.165, 1.54) is 11.9 Å². The number of rotatable bonds is 4. The van der Waals surface area contributed by atoms with E-state index in [9.17, 15) is 13.6 Å². The van der Waals surface area contributed by atoms with E-state index in [0.717, 1.165) is 17.7 Å². The normalized spacial score (nSPS) is 10.6. The first-order valence-corrected chi connectivity index (χ1v) is 5.79. The number of hydrogen-bond acceptors (Lipinski definition) is 3. The minimum atomic E-state index is -1.37. The smallest absolute Gasteiger partial charge is 0.335 e. The van der Waals surface area contributed by atoms with Crippen LogP contribution in [-0.2, 0) is 13.6 Å². The van der Waals surface area contributed by atoms with Crippen molar-refractivity contribution in [3.8, 4) is 0 Å². The average Bonchev–Trinajstić information content (AvgIpc) is 2.73. The number of halogens is 2. The van der Waals surface area contributed by atoms with Crippen LogP contribution in [0.3, 0.4) is 0 Å². The van der Waals surface area contributed by atoms with Crippen LogP contribution in [0.5, 0.6) is 0 Å². The molecule has 20 heavy (non-hydrogen) atoms. The molecule has 7 heteroatoms. The highest BCUT2D eigenvalue weighted by Crippen LogP contribution is 2.25. The first-order valence-electron chi connectivity index (χ1n) is 5.79. The van der Waals surface area contributed by atoms with Crippen LogP contribution in [0, 0.1) is 11.6 Å². The molecule has 0 bridgehead atoms.